The first-order chi connectivity index (χ1) is 17.7. The molecule has 1 aliphatic rings. The summed E-state index contributed by atoms with van der Waals surface area (Å²) in [5.74, 6) is 0.741. The van der Waals surface area contributed by atoms with Crippen LogP contribution >= 0.6 is 11.6 Å². The van der Waals surface area contributed by atoms with Crippen LogP contribution < -0.4 is 23.8 Å². The van der Waals surface area contributed by atoms with Gasteiger partial charge >= 0.3 is 0 Å². The summed E-state index contributed by atoms with van der Waals surface area (Å²) in [7, 11) is -1.34. The maximum Gasteiger partial charge on any atom is 0.270 e. The summed E-state index contributed by atoms with van der Waals surface area (Å²) >= 11 is 6.18. The van der Waals surface area contributed by atoms with Crippen molar-refractivity contribution in [1.82, 2.24) is 0 Å². The zero-order valence-corrected chi connectivity index (χ0v) is 22.0. The quantitative estimate of drug-likeness (QED) is 0.360. The molecule has 0 saturated carbocycles. The minimum atomic E-state index is -4.28. The van der Waals surface area contributed by atoms with Gasteiger partial charge in [0.05, 0.1) is 32.1 Å². The normalized spacial score (nSPS) is 14.0. The maximum atomic E-state index is 13.7. The second-order valence-corrected chi connectivity index (χ2v) is 10.2. The molecule has 0 fully saturated rings. The van der Waals surface area contributed by atoms with Crippen molar-refractivity contribution >= 4 is 44.5 Å². The van der Waals surface area contributed by atoms with Gasteiger partial charge in [-0.25, -0.2) is 8.42 Å². The molecule has 10 heteroatoms. The Hall–Kier alpha value is -3.95. The van der Waals surface area contributed by atoms with Crippen molar-refractivity contribution in [3.8, 4) is 23.0 Å². The van der Waals surface area contributed by atoms with E-state index in [0.717, 1.165) is 4.31 Å². The summed E-state index contributed by atoms with van der Waals surface area (Å²) in [6.07, 6.45) is 1.44. The second-order valence-electron chi connectivity index (χ2n) is 8.01. The Labute approximate surface area is 220 Å². The number of fused-ring (bicyclic) bond motifs is 1. The SMILES string of the molecule is C=CCN1c2cc(OC)c(OC)cc2C(C)=C(C(=O)Nc2cc(Cl)ccc2Oc2ccccc2)S1(=O)=O. The van der Waals surface area contributed by atoms with E-state index >= 15 is 0 Å². The number of para-hydroxylation sites is 1. The number of allylic oxidation sites excluding steroid dienone is 1. The van der Waals surface area contributed by atoms with Gasteiger partial charge in [-0.1, -0.05) is 35.9 Å². The summed E-state index contributed by atoms with van der Waals surface area (Å²) in [4.78, 5) is 13.2. The molecule has 1 heterocycles. The average Bonchev–Trinajstić information content (AvgIpc) is 2.87. The molecule has 0 unspecified atom stereocenters. The third-order valence-corrected chi connectivity index (χ3v) is 7.89. The lowest BCUT2D eigenvalue weighted by atomic mass is 10.0. The molecule has 1 N–H and O–H groups in total. The van der Waals surface area contributed by atoms with E-state index in [9.17, 15) is 13.2 Å². The summed E-state index contributed by atoms with van der Waals surface area (Å²) in [6.45, 7) is 5.19. The number of hydrogen-bond donors (Lipinski definition) is 1. The molecule has 1 amide bonds. The number of sulfonamides is 1. The van der Waals surface area contributed by atoms with Crippen LogP contribution in [0.4, 0.5) is 11.4 Å². The van der Waals surface area contributed by atoms with Gasteiger partial charge in [-0.3, -0.25) is 9.10 Å². The minimum Gasteiger partial charge on any atom is -0.493 e. The van der Waals surface area contributed by atoms with Crippen molar-refractivity contribution in [1.29, 1.82) is 0 Å². The second kappa shape index (κ2) is 10.6. The van der Waals surface area contributed by atoms with Gasteiger partial charge in [-0.2, -0.15) is 0 Å². The molecule has 0 aliphatic carbocycles. The number of amides is 1. The van der Waals surface area contributed by atoms with Gasteiger partial charge < -0.3 is 19.5 Å². The zero-order valence-electron chi connectivity index (χ0n) is 20.4. The number of nitrogens with one attached hydrogen (secondary N) is 1. The fourth-order valence-electron chi connectivity index (χ4n) is 4.02. The first-order valence-corrected chi connectivity index (χ1v) is 13.0. The Morgan fingerprint density at radius 3 is 2.35 bits per heavy atom. The standard InChI is InChI=1S/C27H25ClN2O6S/c1-5-13-30-22-16-25(35-4)24(34-3)15-20(22)17(2)26(37(30,32)33)27(31)29-21-14-18(28)11-12-23(21)36-19-9-7-6-8-10-19/h5-12,14-16H,1,13H2,2-4H3,(H,29,31). The summed E-state index contributed by atoms with van der Waals surface area (Å²) in [5.41, 5.74) is 1.32. The molecule has 3 aromatic carbocycles. The van der Waals surface area contributed by atoms with Crippen molar-refractivity contribution in [2.75, 3.05) is 30.4 Å². The third-order valence-electron chi connectivity index (χ3n) is 5.73. The highest BCUT2D eigenvalue weighted by molar-refractivity contribution is 7.97. The van der Waals surface area contributed by atoms with Gasteiger partial charge in [0.25, 0.3) is 15.9 Å². The first-order valence-electron chi connectivity index (χ1n) is 11.2. The van der Waals surface area contributed by atoms with Crippen LogP contribution in [-0.2, 0) is 14.8 Å². The van der Waals surface area contributed by atoms with Crippen molar-refractivity contribution in [2.45, 2.75) is 6.92 Å². The van der Waals surface area contributed by atoms with Crippen molar-refractivity contribution < 1.29 is 27.4 Å². The number of methoxy groups -OCH3 is 2. The fraction of sp³-hybridized carbons (Fsp3) is 0.148. The molecule has 192 valence electrons. The Morgan fingerprint density at radius 2 is 1.70 bits per heavy atom. The number of anilines is 2. The van der Waals surface area contributed by atoms with Crippen LogP contribution in [0.5, 0.6) is 23.0 Å². The average molecular weight is 541 g/mol. The van der Waals surface area contributed by atoms with Gasteiger partial charge in [0, 0.05) is 16.7 Å². The van der Waals surface area contributed by atoms with Crippen LogP contribution in [0.25, 0.3) is 5.57 Å². The minimum absolute atomic E-state index is 0.0611. The van der Waals surface area contributed by atoms with E-state index < -0.39 is 20.8 Å². The molecular formula is C27H25ClN2O6S. The number of hydrogen-bond acceptors (Lipinski definition) is 6. The lowest BCUT2D eigenvalue weighted by molar-refractivity contribution is -0.112. The van der Waals surface area contributed by atoms with E-state index in [1.807, 2.05) is 6.07 Å². The van der Waals surface area contributed by atoms with E-state index in [4.69, 9.17) is 25.8 Å². The van der Waals surface area contributed by atoms with Gasteiger partial charge in [0.1, 0.15) is 5.75 Å². The molecule has 0 saturated heterocycles. The van der Waals surface area contributed by atoms with Crippen molar-refractivity contribution in [3.05, 3.63) is 88.8 Å². The van der Waals surface area contributed by atoms with Gasteiger partial charge in [-0.15, -0.1) is 6.58 Å². The van der Waals surface area contributed by atoms with Crippen LogP contribution in [0.1, 0.15) is 12.5 Å². The number of nitrogens with zero attached hydrogens (tertiary/aromatic N) is 1. The molecule has 0 spiro atoms. The number of benzene rings is 3. The van der Waals surface area contributed by atoms with E-state index in [2.05, 4.69) is 11.9 Å². The molecular weight excluding hydrogens is 516 g/mol. The highest BCUT2D eigenvalue weighted by Crippen LogP contribution is 2.45. The number of rotatable bonds is 8. The van der Waals surface area contributed by atoms with Crippen molar-refractivity contribution in [2.24, 2.45) is 0 Å². The predicted molar refractivity (Wildman–Crippen MR) is 145 cm³/mol. The summed E-state index contributed by atoms with van der Waals surface area (Å²) in [5, 5.41) is 3.01. The number of carbonyl (C=O) groups excluding carboxylic acids is 1. The maximum absolute atomic E-state index is 13.7. The number of halogens is 1. The van der Waals surface area contributed by atoms with Gasteiger partial charge in [0.15, 0.2) is 22.2 Å². The molecule has 0 bridgehead atoms. The van der Waals surface area contributed by atoms with Gasteiger partial charge in [-0.05, 0) is 48.9 Å². The monoisotopic (exact) mass is 540 g/mol. The van der Waals surface area contributed by atoms with Crippen LogP contribution in [0.2, 0.25) is 5.02 Å². The molecule has 1 aliphatic heterocycles. The zero-order chi connectivity index (χ0) is 26.7. The Morgan fingerprint density at radius 1 is 1.03 bits per heavy atom. The molecule has 0 radical (unpaired) electrons. The predicted octanol–water partition coefficient (Wildman–Crippen LogP) is 5.86. The smallest absolute Gasteiger partial charge is 0.270 e. The Bertz CT molecular complexity index is 1500. The third kappa shape index (κ3) is 5.00. The first kappa shape index (κ1) is 26.1. The molecule has 4 rings (SSSR count). The van der Waals surface area contributed by atoms with E-state index in [1.54, 1.807) is 55.5 Å². The highest BCUT2D eigenvalue weighted by atomic mass is 35.5. The van der Waals surface area contributed by atoms with Crippen LogP contribution in [-0.4, -0.2) is 35.1 Å². The molecule has 3 aromatic rings. The van der Waals surface area contributed by atoms with Crippen LogP contribution in [0.15, 0.2) is 78.2 Å². The largest absolute Gasteiger partial charge is 0.493 e. The molecule has 37 heavy (non-hydrogen) atoms. The summed E-state index contributed by atoms with van der Waals surface area (Å²) in [6, 6.07) is 16.9. The number of carbonyl (C=O) groups is 1. The van der Waals surface area contributed by atoms with Crippen molar-refractivity contribution in [3.63, 3.8) is 0 Å². The van der Waals surface area contributed by atoms with E-state index in [0.29, 0.717) is 39.3 Å². The molecule has 0 atom stereocenters. The van der Waals surface area contributed by atoms with E-state index in [-0.39, 0.29) is 17.8 Å². The molecule has 0 aromatic heterocycles. The van der Waals surface area contributed by atoms with Gasteiger partial charge in [0.2, 0.25) is 0 Å². The topological polar surface area (TPSA) is 94.2 Å². The van der Waals surface area contributed by atoms with Crippen LogP contribution in [0, 0.1) is 0 Å². The summed E-state index contributed by atoms with van der Waals surface area (Å²) < 4.78 is 45.3. The fourth-order valence-corrected chi connectivity index (χ4v) is 5.90. The van der Waals surface area contributed by atoms with Crippen LogP contribution in [0.3, 0.4) is 0 Å². The Balaban J connectivity index is 1.82. The van der Waals surface area contributed by atoms with E-state index in [1.165, 1.54) is 26.4 Å². The lowest BCUT2D eigenvalue weighted by Gasteiger charge is -2.32. The highest BCUT2D eigenvalue weighted by Gasteiger charge is 2.40. The molecule has 8 nitrogen and oxygen atoms in total. The Kier molecular flexibility index (Phi) is 7.47. The number of ether oxygens (including phenoxy) is 3. The lowest BCUT2D eigenvalue weighted by Crippen LogP contribution is -2.39.